The van der Waals surface area contributed by atoms with Crippen molar-refractivity contribution in [3.05, 3.63) is 35.9 Å². The van der Waals surface area contributed by atoms with Crippen molar-refractivity contribution in [2.75, 3.05) is 6.54 Å². The number of guanidine groups is 1. The Morgan fingerprint density at radius 3 is 2.28 bits per heavy atom. The van der Waals surface area contributed by atoms with Gasteiger partial charge in [0.1, 0.15) is 5.41 Å². The number of rotatable bonds is 12. The highest BCUT2D eigenvalue weighted by Crippen LogP contribution is 2.28. The first-order chi connectivity index (χ1) is 13.8. The van der Waals surface area contributed by atoms with E-state index in [1.165, 1.54) is 0 Å². The van der Waals surface area contributed by atoms with Gasteiger partial charge in [-0.2, -0.15) is 0 Å². The van der Waals surface area contributed by atoms with Gasteiger partial charge in [0.05, 0.1) is 5.94 Å². The fraction of sp³-hybridized carbons (Fsp3) is 0.526. The summed E-state index contributed by atoms with van der Waals surface area (Å²) in [5.74, 6) is -1.92. The second kappa shape index (κ2) is 12.1. The lowest BCUT2D eigenvalue weighted by atomic mass is 9.74. The largest absolute Gasteiger partial charge is 0.475 e. The summed E-state index contributed by atoms with van der Waals surface area (Å²) in [4.78, 5) is 29.7. The Kier molecular flexibility index (Phi) is 10.2. The second-order valence-corrected chi connectivity index (χ2v) is 6.90. The molecule has 1 atom stereocenters. The standard InChI is InChI=1S/C19H32BN5O4/c1-3-19(4-2,16(26)24-13-14-9-6-5-7-10-14)17(27)25-15(20(28)29)11-8-12-23-18(21)22/h5-7,9-10,15,28-29H,3-4,8,11-13H2,1-2H3,(H,24,26)(H,25,27)(H4,21,22,23)/t15-/m0/s1. The van der Waals surface area contributed by atoms with Crippen LogP contribution < -0.4 is 22.1 Å². The number of hydrogen-bond acceptors (Lipinski definition) is 5. The molecule has 0 aromatic heterocycles. The molecule has 9 nitrogen and oxygen atoms in total. The van der Waals surface area contributed by atoms with Crippen LogP contribution in [-0.2, 0) is 16.1 Å². The summed E-state index contributed by atoms with van der Waals surface area (Å²) in [6, 6.07) is 9.39. The SMILES string of the molecule is CCC(CC)(C(=O)NCc1ccccc1)C(=O)N[C@@H](CCCN=C(N)N)B(O)O. The van der Waals surface area contributed by atoms with E-state index in [9.17, 15) is 19.6 Å². The van der Waals surface area contributed by atoms with E-state index in [1.807, 2.05) is 30.3 Å². The van der Waals surface area contributed by atoms with E-state index in [-0.39, 0.29) is 25.2 Å². The van der Waals surface area contributed by atoms with E-state index in [1.54, 1.807) is 13.8 Å². The van der Waals surface area contributed by atoms with Crippen LogP contribution in [0.3, 0.4) is 0 Å². The summed E-state index contributed by atoms with van der Waals surface area (Å²) in [7, 11) is -1.77. The molecule has 1 aromatic rings. The number of nitrogens with one attached hydrogen (secondary N) is 2. The zero-order chi connectivity index (χ0) is 21.9. The van der Waals surface area contributed by atoms with Crippen LogP contribution in [0, 0.1) is 5.41 Å². The predicted molar refractivity (Wildman–Crippen MR) is 113 cm³/mol. The molecular formula is C19H32BN5O4. The average molecular weight is 405 g/mol. The van der Waals surface area contributed by atoms with E-state index in [0.29, 0.717) is 19.5 Å². The molecule has 0 unspecified atom stereocenters. The lowest BCUT2D eigenvalue weighted by Gasteiger charge is -2.31. The van der Waals surface area contributed by atoms with Gasteiger partial charge in [-0.15, -0.1) is 0 Å². The molecule has 0 bridgehead atoms. The highest BCUT2D eigenvalue weighted by molar-refractivity contribution is 6.43. The number of aliphatic imine (C=N–C) groups is 1. The maximum Gasteiger partial charge on any atom is 0.475 e. The lowest BCUT2D eigenvalue weighted by molar-refractivity contribution is -0.144. The first kappa shape index (κ1) is 24.5. The van der Waals surface area contributed by atoms with E-state index in [4.69, 9.17) is 11.5 Å². The molecule has 0 aliphatic carbocycles. The molecule has 10 heteroatoms. The van der Waals surface area contributed by atoms with Crippen molar-refractivity contribution in [3.8, 4) is 0 Å². The minimum Gasteiger partial charge on any atom is -0.426 e. The number of nitrogens with two attached hydrogens (primary N) is 2. The average Bonchev–Trinajstić information content (AvgIpc) is 2.70. The van der Waals surface area contributed by atoms with E-state index in [2.05, 4.69) is 15.6 Å². The van der Waals surface area contributed by atoms with Gasteiger partial charge in [-0.3, -0.25) is 14.6 Å². The molecule has 29 heavy (non-hydrogen) atoms. The molecule has 0 saturated heterocycles. The normalized spacial score (nSPS) is 12.0. The Balaban J connectivity index is 2.80. The first-order valence-electron chi connectivity index (χ1n) is 9.81. The molecular weight excluding hydrogens is 373 g/mol. The first-order valence-corrected chi connectivity index (χ1v) is 9.81. The second-order valence-electron chi connectivity index (χ2n) is 6.90. The molecule has 160 valence electrons. The molecule has 0 aliphatic heterocycles. The summed E-state index contributed by atoms with van der Waals surface area (Å²) in [5.41, 5.74) is 10.1. The summed E-state index contributed by atoms with van der Waals surface area (Å²) >= 11 is 0. The third-order valence-electron chi connectivity index (χ3n) is 5.02. The number of amides is 2. The van der Waals surface area contributed by atoms with Crippen LogP contribution in [0.4, 0.5) is 0 Å². The highest BCUT2D eigenvalue weighted by atomic mass is 16.4. The van der Waals surface area contributed by atoms with Crippen molar-refractivity contribution in [2.24, 2.45) is 21.9 Å². The zero-order valence-corrected chi connectivity index (χ0v) is 17.1. The molecule has 0 radical (unpaired) electrons. The van der Waals surface area contributed by atoms with Crippen molar-refractivity contribution in [2.45, 2.75) is 52.0 Å². The van der Waals surface area contributed by atoms with Crippen LogP contribution in [0.1, 0.15) is 45.1 Å². The molecule has 1 aromatic carbocycles. The Labute approximate surface area is 172 Å². The smallest absolute Gasteiger partial charge is 0.426 e. The Morgan fingerprint density at radius 1 is 1.14 bits per heavy atom. The summed E-state index contributed by atoms with van der Waals surface area (Å²) in [5, 5.41) is 24.7. The number of benzene rings is 1. The lowest BCUT2D eigenvalue weighted by Crippen LogP contribution is -2.56. The van der Waals surface area contributed by atoms with Crippen LogP contribution >= 0.6 is 0 Å². The molecule has 0 fully saturated rings. The molecule has 0 spiro atoms. The highest BCUT2D eigenvalue weighted by Gasteiger charge is 2.44. The van der Waals surface area contributed by atoms with Crippen LogP contribution in [0.2, 0.25) is 0 Å². The topological polar surface area (TPSA) is 163 Å². The number of carbonyl (C=O) groups excluding carboxylic acids is 2. The molecule has 0 aliphatic rings. The van der Waals surface area contributed by atoms with Gasteiger partial charge in [-0.25, -0.2) is 0 Å². The van der Waals surface area contributed by atoms with Crippen molar-refractivity contribution in [1.82, 2.24) is 10.6 Å². The molecule has 8 N–H and O–H groups in total. The maximum atomic E-state index is 13.0. The van der Waals surface area contributed by atoms with Gasteiger partial charge in [0.15, 0.2) is 5.96 Å². The fourth-order valence-corrected chi connectivity index (χ4v) is 3.06. The van der Waals surface area contributed by atoms with Gasteiger partial charge >= 0.3 is 7.12 Å². The predicted octanol–water partition coefficient (Wildman–Crippen LogP) is -0.340. The third-order valence-corrected chi connectivity index (χ3v) is 5.02. The van der Waals surface area contributed by atoms with Crippen molar-refractivity contribution >= 4 is 24.9 Å². The molecule has 0 saturated carbocycles. The number of nitrogens with zero attached hydrogens (tertiary/aromatic N) is 1. The van der Waals surface area contributed by atoms with Gasteiger partial charge in [-0.05, 0) is 31.2 Å². The third kappa shape index (κ3) is 7.39. The monoisotopic (exact) mass is 405 g/mol. The minimum atomic E-state index is -1.77. The van der Waals surface area contributed by atoms with Crippen LogP contribution in [0.5, 0.6) is 0 Å². The Hall–Kier alpha value is -2.59. The zero-order valence-electron chi connectivity index (χ0n) is 17.1. The minimum absolute atomic E-state index is 0.0544. The van der Waals surface area contributed by atoms with Crippen molar-refractivity contribution < 1.29 is 19.6 Å². The quantitative estimate of drug-likeness (QED) is 0.0916. The van der Waals surface area contributed by atoms with E-state index < -0.39 is 30.3 Å². The Morgan fingerprint density at radius 2 is 1.76 bits per heavy atom. The summed E-state index contributed by atoms with van der Waals surface area (Å²) in [6.07, 6.45) is 1.23. The van der Waals surface area contributed by atoms with Crippen molar-refractivity contribution in [1.29, 1.82) is 0 Å². The molecule has 2 amide bonds. The number of carbonyl (C=O) groups is 2. The molecule has 0 heterocycles. The van der Waals surface area contributed by atoms with Gasteiger partial charge in [0.25, 0.3) is 0 Å². The fourth-order valence-electron chi connectivity index (χ4n) is 3.06. The van der Waals surface area contributed by atoms with Gasteiger partial charge < -0.3 is 32.1 Å². The van der Waals surface area contributed by atoms with Gasteiger partial charge in [0.2, 0.25) is 11.8 Å². The van der Waals surface area contributed by atoms with Crippen molar-refractivity contribution in [3.63, 3.8) is 0 Å². The number of hydrogen-bond donors (Lipinski definition) is 6. The summed E-state index contributed by atoms with van der Waals surface area (Å²) < 4.78 is 0. The van der Waals surface area contributed by atoms with Gasteiger partial charge in [-0.1, -0.05) is 44.2 Å². The maximum absolute atomic E-state index is 13.0. The summed E-state index contributed by atoms with van der Waals surface area (Å²) in [6.45, 7) is 4.12. The van der Waals surface area contributed by atoms with Crippen LogP contribution in [-0.4, -0.2) is 47.4 Å². The Bertz CT molecular complexity index is 676. The van der Waals surface area contributed by atoms with E-state index in [0.717, 1.165) is 5.56 Å². The van der Waals surface area contributed by atoms with Crippen LogP contribution in [0.15, 0.2) is 35.3 Å². The van der Waals surface area contributed by atoms with E-state index >= 15 is 0 Å². The molecule has 1 rings (SSSR count). The van der Waals surface area contributed by atoms with Gasteiger partial charge in [0, 0.05) is 13.1 Å². The van der Waals surface area contributed by atoms with Crippen LogP contribution in [0.25, 0.3) is 0 Å².